The van der Waals surface area contributed by atoms with Gasteiger partial charge >= 0.3 is 6.18 Å². The monoisotopic (exact) mass is 261 g/mol. The van der Waals surface area contributed by atoms with Gasteiger partial charge in [0.25, 0.3) is 0 Å². The highest BCUT2D eigenvalue weighted by Gasteiger charge is 2.37. The van der Waals surface area contributed by atoms with Gasteiger partial charge in [0.1, 0.15) is 5.82 Å². The average molecular weight is 261 g/mol. The number of ether oxygens (including phenoxy) is 1. The highest BCUT2D eigenvalue weighted by molar-refractivity contribution is 5.20. The van der Waals surface area contributed by atoms with Crippen LogP contribution in [0.4, 0.5) is 13.2 Å². The summed E-state index contributed by atoms with van der Waals surface area (Å²) in [5.41, 5.74) is 4.82. The summed E-state index contributed by atoms with van der Waals surface area (Å²) in [5, 5.41) is 0. The van der Waals surface area contributed by atoms with Crippen molar-refractivity contribution in [3.8, 4) is 5.88 Å². The van der Waals surface area contributed by atoms with Crippen LogP contribution in [0.5, 0.6) is 5.88 Å². The minimum absolute atomic E-state index is 0.00998. The second-order valence-electron chi connectivity index (χ2n) is 4.24. The SMILES string of the molecule is CCOc1cc(C(F)(F)F)nc(C(N)C2CC2)n1. The normalized spacial score (nSPS) is 17.6. The molecule has 7 heteroatoms. The van der Waals surface area contributed by atoms with Gasteiger partial charge in [-0.25, -0.2) is 4.98 Å². The molecule has 1 fully saturated rings. The number of alkyl halides is 3. The van der Waals surface area contributed by atoms with Gasteiger partial charge in [0, 0.05) is 6.07 Å². The minimum Gasteiger partial charge on any atom is -0.478 e. The molecule has 0 saturated heterocycles. The summed E-state index contributed by atoms with van der Waals surface area (Å²) in [6, 6.07) is 0.249. The molecule has 0 amide bonds. The molecule has 1 aliphatic rings. The molecular formula is C11H14F3N3O. The highest BCUT2D eigenvalue weighted by Crippen LogP contribution is 2.39. The van der Waals surface area contributed by atoms with Crippen LogP contribution in [-0.2, 0) is 6.18 Å². The fourth-order valence-electron chi connectivity index (χ4n) is 1.63. The van der Waals surface area contributed by atoms with Gasteiger partial charge in [0.2, 0.25) is 5.88 Å². The van der Waals surface area contributed by atoms with Crippen molar-refractivity contribution in [2.24, 2.45) is 11.7 Å². The van der Waals surface area contributed by atoms with Gasteiger partial charge in [-0.1, -0.05) is 0 Å². The third-order valence-electron chi connectivity index (χ3n) is 2.73. The highest BCUT2D eigenvalue weighted by atomic mass is 19.4. The predicted molar refractivity (Wildman–Crippen MR) is 57.9 cm³/mol. The smallest absolute Gasteiger partial charge is 0.433 e. The molecule has 1 atom stereocenters. The van der Waals surface area contributed by atoms with Crippen molar-refractivity contribution in [1.82, 2.24) is 9.97 Å². The number of hydrogen-bond acceptors (Lipinski definition) is 4. The Morgan fingerprint density at radius 3 is 2.61 bits per heavy atom. The van der Waals surface area contributed by atoms with Gasteiger partial charge in [0.15, 0.2) is 5.69 Å². The summed E-state index contributed by atoms with van der Waals surface area (Å²) < 4.78 is 43.1. The van der Waals surface area contributed by atoms with Crippen molar-refractivity contribution in [2.45, 2.75) is 32.0 Å². The van der Waals surface area contributed by atoms with Crippen molar-refractivity contribution < 1.29 is 17.9 Å². The van der Waals surface area contributed by atoms with E-state index in [1.165, 1.54) is 0 Å². The molecule has 1 saturated carbocycles. The zero-order chi connectivity index (χ0) is 13.3. The van der Waals surface area contributed by atoms with E-state index < -0.39 is 17.9 Å². The molecule has 18 heavy (non-hydrogen) atoms. The van der Waals surface area contributed by atoms with Crippen LogP contribution in [0.2, 0.25) is 0 Å². The van der Waals surface area contributed by atoms with Gasteiger partial charge in [-0.3, -0.25) is 0 Å². The first kappa shape index (κ1) is 13.1. The van der Waals surface area contributed by atoms with Gasteiger partial charge in [-0.15, -0.1) is 0 Å². The molecule has 0 aromatic carbocycles. The Labute approximate surface area is 102 Å². The number of halogens is 3. The Kier molecular flexibility index (Phi) is 3.43. The van der Waals surface area contributed by atoms with E-state index >= 15 is 0 Å². The fraction of sp³-hybridized carbons (Fsp3) is 0.636. The molecular weight excluding hydrogens is 247 g/mol. The maximum atomic E-state index is 12.7. The van der Waals surface area contributed by atoms with Gasteiger partial charge in [-0.2, -0.15) is 18.2 Å². The Morgan fingerprint density at radius 2 is 2.11 bits per heavy atom. The van der Waals surface area contributed by atoms with Crippen LogP contribution in [0.1, 0.15) is 37.3 Å². The van der Waals surface area contributed by atoms with E-state index in [9.17, 15) is 13.2 Å². The number of hydrogen-bond donors (Lipinski definition) is 1. The molecule has 0 spiro atoms. The van der Waals surface area contributed by atoms with E-state index in [0.29, 0.717) is 0 Å². The first-order chi connectivity index (χ1) is 8.41. The van der Waals surface area contributed by atoms with E-state index in [0.717, 1.165) is 18.9 Å². The van der Waals surface area contributed by atoms with Crippen LogP contribution in [0.15, 0.2) is 6.07 Å². The molecule has 2 rings (SSSR count). The van der Waals surface area contributed by atoms with E-state index in [1.807, 2.05) is 0 Å². The van der Waals surface area contributed by atoms with E-state index in [4.69, 9.17) is 10.5 Å². The summed E-state index contributed by atoms with van der Waals surface area (Å²) in [4.78, 5) is 7.45. The fourth-order valence-corrected chi connectivity index (χ4v) is 1.63. The van der Waals surface area contributed by atoms with Gasteiger partial charge < -0.3 is 10.5 Å². The molecule has 1 aliphatic carbocycles. The van der Waals surface area contributed by atoms with E-state index in [1.54, 1.807) is 6.92 Å². The minimum atomic E-state index is -4.52. The summed E-state index contributed by atoms with van der Waals surface area (Å²) in [6.45, 7) is 1.92. The summed E-state index contributed by atoms with van der Waals surface area (Å²) in [5.74, 6) is 0.115. The Morgan fingerprint density at radius 1 is 1.44 bits per heavy atom. The zero-order valence-corrected chi connectivity index (χ0v) is 9.87. The number of nitrogens with two attached hydrogens (primary N) is 1. The van der Waals surface area contributed by atoms with Crippen LogP contribution in [0.25, 0.3) is 0 Å². The van der Waals surface area contributed by atoms with Crippen LogP contribution in [-0.4, -0.2) is 16.6 Å². The quantitative estimate of drug-likeness (QED) is 0.903. The Balaban J connectivity index is 2.35. The first-order valence-electron chi connectivity index (χ1n) is 5.76. The molecule has 0 radical (unpaired) electrons. The molecule has 1 aromatic rings. The van der Waals surface area contributed by atoms with Crippen molar-refractivity contribution in [1.29, 1.82) is 0 Å². The molecule has 4 nitrogen and oxygen atoms in total. The van der Waals surface area contributed by atoms with Gasteiger partial charge in [0.05, 0.1) is 12.6 Å². The standard InChI is InChI=1S/C11H14F3N3O/c1-2-18-8-5-7(11(12,13)14)16-10(17-8)9(15)6-3-4-6/h5-6,9H,2-4,15H2,1H3. The lowest BCUT2D eigenvalue weighted by molar-refractivity contribution is -0.141. The van der Waals surface area contributed by atoms with Crippen LogP contribution >= 0.6 is 0 Å². The molecule has 100 valence electrons. The number of rotatable bonds is 4. The predicted octanol–water partition coefficient (Wildman–Crippen LogP) is 2.30. The topological polar surface area (TPSA) is 61.0 Å². The molecule has 0 aliphatic heterocycles. The average Bonchev–Trinajstić information content (AvgIpc) is 3.11. The molecule has 1 aromatic heterocycles. The van der Waals surface area contributed by atoms with Crippen molar-refractivity contribution in [3.05, 3.63) is 17.6 Å². The molecule has 0 bridgehead atoms. The summed E-state index contributed by atoms with van der Waals surface area (Å²) in [7, 11) is 0. The lowest BCUT2D eigenvalue weighted by Gasteiger charge is -2.14. The summed E-state index contributed by atoms with van der Waals surface area (Å²) in [6.07, 6.45) is -2.71. The van der Waals surface area contributed by atoms with Crippen molar-refractivity contribution >= 4 is 0 Å². The second kappa shape index (κ2) is 4.72. The maximum Gasteiger partial charge on any atom is 0.433 e. The van der Waals surface area contributed by atoms with E-state index in [-0.39, 0.29) is 24.2 Å². The van der Waals surface area contributed by atoms with Crippen molar-refractivity contribution in [2.75, 3.05) is 6.61 Å². The second-order valence-corrected chi connectivity index (χ2v) is 4.24. The van der Waals surface area contributed by atoms with Crippen molar-refractivity contribution in [3.63, 3.8) is 0 Å². The molecule has 1 heterocycles. The zero-order valence-electron chi connectivity index (χ0n) is 9.87. The molecule has 2 N–H and O–H groups in total. The number of aromatic nitrogens is 2. The van der Waals surface area contributed by atoms with Crippen LogP contribution < -0.4 is 10.5 Å². The third kappa shape index (κ3) is 2.90. The third-order valence-corrected chi connectivity index (χ3v) is 2.73. The molecule has 1 unspecified atom stereocenters. The number of nitrogens with zero attached hydrogens (tertiary/aromatic N) is 2. The van der Waals surface area contributed by atoms with Crippen LogP contribution in [0, 0.1) is 5.92 Å². The largest absolute Gasteiger partial charge is 0.478 e. The lowest BCUT2D eigenvalue weighted by Crippen LogP contribution is -2.20. The first-order valence-corrected chi connectivity index (χ1v) is 5.76. The van der Waals surface area contributed by atoms with E-state index in [2.05, 4.69) is 9.97 Å². The Hall–Kier alpha value is -1.37. The van der Waals surface area contributed by atoms with Crippen LogP contribution in [0.3, 0.4) is 0 Å². The summed E-state index contributed by atoms with van der Waals surface area (Å²) >= 11 is 0. The van der Waals surface area contributed by atoms with Gasteiger partial charge in [-0.05, 0) is 25.7 Å². The Bertz CT molecular complexity index is 432. The lowest BCUT2D eigenvalue weighted by atomic mass is 10.2. The maximum absolute atomic E-state index is 12.7.